The third-order valence-corrected chi connectivity index (χ3v) is 3.30. The Kier molecular flexibility index (Phi) is 4.94. The van der Waals surface area contributed by atoms with Crippen LogP contribution in [0.15, 0.2) is 11.0 Å². The molecule has 20 heavy (non-hydrogen) atoms. The minimum atomic E-state index is -2.89. The van der Waals surface area contributed by atoms with Crippen LogP contribution in [0, 0.1) is 0 Å². The Hall–Kier alpha value is -1.63. The highest BCUT2D eigenvalue weighted by atomic mass is 19.3. The Bertz CT molecular complexity index is 525. The molecule has 7 heteroatoms. The van der Waals surface area contributed by atoms with Crippen molar-refractivity contribution in [1.29, 1.82) is 0 Å². The predicted octanol–water partition coefficient (Wildman–Crippen LogP) is 2.01. The van der Waals surface area contributed by atoms with E-state index in [2.05, 4.69) is 5.10 Å². The van der Waals surface area contributed by atoms with E-state index in [1.807, 2.05) is 0 Å². The first-order chi connectivity index (χ1) is 9.65. The van der Waals surface area contributed by atoms with Crippen LogP contribution in [0.2, 0.25) is 0 Å². The fourth-order valence-corrected chi connectivity index (χ4v) is 2.28. The Morgan fingerprint density at radius 3 is 2.90 bits per heavy atom. The van der Waals surface area contributed by atoms with Crippen LogP contribution >= 0.6 is 0 Å². The zero-order chi connectivity index (χ0) is 14.5. The fourth-order valence-electron chi connectivity index (χ4n) is 2.28. The van der Waals surface area contributed by atoms with Crippen molar-refractivity contribution < 1.29 is 18.3 Å². The van der Waals surface area contributed by atoms with Crippen LogP contribution in [0.4, 0.5) is 8.78 Å². The highest BCUT2D eigenvalue weighted by Gasteiger charge is 2.24. The highest BCUT2D eigenvalue weighted by molar-refractivity contribution is 5.50. The molecule has 1 unspecified atom stereocenters. The van der Waals surface area contributed by atoms with Crippen molar-refractivity contribution >= 4 is 6.29 Å². The summed E-state index contributed by atoms with van der Waals surface area (Å²) in [6.45, 7) is 0.496. The second-order valence-electron chi connectivity index (χ2n) is 4.66. The van der Waals surface area contributed by atoms with Crippen molar-refractivity contribution in [1.82, 2.24) is 9.78 Å². The Balaban J connectivity index is 2.37. The molecule has 0 radical (unpaired) electrons. The lowest BCUT2D eigenvalue weighted by molar-refractivity contribution is -0.107. The second-order valence-corrected chi connectivity index (χ2v) is 4.66. The number of alkyl halides is 2. The van der Waals surface area contributed by atoms with Gasteiger partial charge in [-0.25, -0.2) is 13.5 Å². The molecular weight excluding hydrogens is 270 g/mol. The number of aromatic nitrogens is 2. The number of carbonyl (C=O) groups is 1. The smallest absolute Gasteiger partial charge is 0.278 e. The van der Waals surface area contributed by atoms with Crippen LogP contribution in [-0.2, 0) is 16.0 Å². The van der Waals surface area contributed by atoms with E-state index in [0.29, 0.717) is 19.3 Å². The van der Waals surface area contributed by atoms with Gasteiger partial charge in [-0.2, -0.15) is 5.10 Å². The molecule has 0 aliphatic carbocycles. The van der Waals surface area contributed by atoms with Gasteiger partial charge in [-0.1, -0.05) is 0 Å². The van der Waals surface area contributed by atoms with Gasteiger partial charge in [-0.15, -0.1) is 0 Å². The van der Waals surface area contributed by atoms with Gasteiger partial charge in [0.1, 0.15) is 6.29 Å². The van der Waals surface area contributed by atoms with Gasteiger partial charge in [0, 0.05) is 13.0 Å². The molecular formula is C13H16F2N2O3. The summed E-state index contributed by atoms with van der Waals surface area (Å²) in [4.78, 5) is 22.5. The monoisotopic (exact) mass is 286 g/mol. The third kappa shape index (κ3) is 3.09. The van der Waals surface area contributed by atoms with Gasteiger partial charge >= 0.3 is 0 Å². The summed E-state index contributed by atoms with van der Waals surface area (Å²) in [5.41, 5.74) is -1.27. The number of ether oxygens (including phenoxy) is 1. The third-order valence-electron chi connectivity index (χ3n) is 3.30. The molecule has 1 aliphatic rings. The maximum absolute atomic E-state index is 13.1. The average molecular weight is 286 g/mol. The number of rotatable bonds is 5. The van der Waals surface area contributed by atoms with E-state index < -0.39 is 23.8 Å². The number of carbonyl (C=O) groups excluding carboxylic acids is 1. The van der Waals surface area contributed by atoms with E-state index >= 15 is 0 Å². The van der Waals surface area contributed by atoms with E-state index in [-0.39, 0.29) is 18.4 Å². The summed E-state index contributed by atoms with van der Waals surface area (Å²) >= 11 is 0. The Morgan fingerprint density at radius 1 is 1.50 bits per heavy atom. The normalized spacial score (nSPS) is 19.2. The molecule has 1 aromatic rings. The lowest BCUT2D eigenvalue weighted by Crippen LogP contribution is -2.34. The van der Waals surface area contributed by atoms with E-state index in [4.69, 9.17) is 4.74 Å². The van der Waals surface area contributed by atoms with Gasteiger partial charge in [0.25, 0.3) is 12.0 Å². The average Bonchev–Trinajstić information content (AvgIpc) is 2.45. The molecule has 0 aromatic carbocycles. The van der Waals surface area contributed by atoms with Gasteiger partial charge in [-0.05, 0) is 31.2 Å². The summed E-state index contributed by atoms with van der Waals surface area (Å²) < 4.78 is 32.6. The van der Waals surface area contributed by atoms with Crippen molar-refractivity contribution in [3.05, 3.63) is 27.7 Å². The zero-order valence-corrected chi connectivity index (χ0v) is 10.9. The molecule has 1 atom stereocenters. The number of hydrogen-bond donors (Lipinski definition) is 0. The van der Waals surface area contributed by atoms with Crippen LogP contribution in [0.1, 0.15) is 49.5 Å². The van der Waals surface area contributed by atoms with Crippen molar-refractivity contribution in [2.75, 3.05) is 6.61 Å². The van der Waals surface area contributed by atoms with Gasteiger partial charge in [0.05, 0.1) is 11.8 Å². The summed E-state index contributed by atoms with van der Waals surface area (Å²) in [5.74, 6) is 0. The molecule has 1 saturated heterocycles. The lowest BCUT2D eigenvalue weighted by Gasteiger charge is -2.24. The van der Waals surface area contributed by atoms with Crippen molar-refractivity contribution in [3.63, 3.8) is 0 Å². The Morgan fingerprint density at radius 2 is 2.30 bits per heavy atom. The molecule has 110 valence electrons. The summed E-state index contributed by atoms with van der Waals surface area (Å²) in [5, 5.41) is 3.93. The quantitative estimate of drug-likeness (QED) is 0.777. The molecule has 0 bridgehead atoms. The van der Waals surface area contributed by atoms with E-state index in [1.54, 1.807) is 0 Å². The van der Waals surface area contributed by atoms with E-state index in [9.17, 15) is 18.4 Å². The predicted molar refractivity (Wildman–Crippen MR) is 66.7 cm³/mol. The topological polar surface area (TPSA) is 61.2 Å². The number of nitrogens with zero attached hydrogens (tertiary/aromatic N) is 2. The molecule has 0 saturated carbocycles. The van der Waals surface area contributed by atoms with Crippen LogP contribution in [0.3, 0.4) is 0 Å². The fraction of sp³-hybridized carbons (Fsp3) is 0.615. The minimum Gasteiger partial charge on any atom is -0.356 e. The molecule has 1 fully saturated rings. The van der Waals surface area contributed by atoms with Crippen molar-refractivity contribution in [2.45, 2.75) is 44.8 Å². The largest absolute Gasteiger partial charge is 0.356 e. The van der Waals surface area contributed by atoms with Crippen LogP contribution < -0.4 is 5.56 Å². The van der Waals surface area contributed by atoms with Crippen LogP contribution in [-0.4, -0.2) is 22.7 Å². The standard InChI is InChI=1S/C13H16F2N2O3/c14-12(15)11-9(4-3-6-18)8-16-17(13(11)19)10-5-1-2-7-20-10/h6,8,10,12H,1-5,7H2. The van der Waals surface area contributed by atoms with Gasteiger partial charge < -0.3 is 9.53 Å². The second kappa shape index (κ2) is 6.69. The molecule has 0 N–H and O–H groups in total. The van der Waals surface area contributed by atoms with E-state index in [1.165, 1.54) is 6.20 Å². The first-order valence-electron chi connectivity index (χ1n) is 6.59. The van der Waals surface area contributed by atoms with Crippen molar-refractivity contribution in [3.8, 4) is 0 Å². The summed E-state index contributed by atoms with van der Waals surface area (Å²) in [6.07, 6.45) is 0.942. The lowest BCUT2D eigenvalue weighted by atomic mass is 10.1. The SMILES string of the molecule is O=CCCc1cnn(C2CCCCO2)c(=O)c1C(F)F. The molecule has 0 spiro atoms. The van der Waals surface area contributed by atoms with Crippen molar-refractivity contribution in [2.24, 2.45) is 0 Å². The van der Waals surface area contributed by atoms with Gasteiger partial charge in [-0.3, -0.25) is 4.79 Å². The molecule has 1 aliphatic heterocycles. The summed E-state index contributed by atoms with van der Waals surface area (Å²) in [6, 6.07) is 0. The molecule has 2 rings (SSSR count). The van der Waals surface area contributed by atoms with Crippen LogP contribution in [0.5, 0.6) is 0 Å². The number of hydrogen-bond acceptors (Lipinski definition) is 4. The zero-order valence-electron chi connectivity index (χ0n) is 10.9. The first-order valence-corrected chi connectivity index (χ1v) is 6.59. The number of halogens is 2. The maximum atomic E-state index is 13.1. The molecule has 0 amide bonds. The number of aryl methyl sites for hydroxylation is 1. The van der Waals surface area contributed by atoms with Gasteiger partial charge in [0.15, 0.2) is 6.23 Å². The van der Waals surface area contributed by atoms with E-state index in [0.717, 1.165) is 17.5 Å². The minimum absolute atomic E-state index is 0.0881. The van der Waals surface area contributed by atoms with Gasteiger partial charge in [0.2, 0.25) is 0 Å². The Labute approximate surface area is 114 Å². The molecule has 1 aromatic heterocycles. The highest BCUT2D eigenvalue weighted by Crippen LogP contribution is 2.23. The van der Waals surface area contributed by atoms with Crippen LogP contribution in [0.25, 0.3) is 0 Å². The number of aldehydes is 1. The molecule has 2 heterocycles. The molecule has 5 nitrogen and oxygen atoms in total. The summed E-state index contributed by atoms with van der Waals surface area (Å²) in [7, 11) is 0. The first kappa shape index (κ1) is 14.8. The maximum Gasteiger partial charge on any atom is 0.278 e.